The Bertz CT molecular complexity index is 754. The molecule has 137 valence electrons. The molecule has 2 rings (SSSR count). The van der Waals surface area contributed by atoms with Crippen molar-refractivity contribution in [2.75, 3.05) is 12.4 Å². The lowest BCUT2D eigenvalue weighted by Crippen LogP contribution is -2.38. The van der Waals surface area contributed by atoms with E-state index in [9.17, 15) is 9.59 Å². The number of nitrogens with zero attached hydrogens (tertiary/aromatic N) is 3. The van der Waals surface area contributed by atoms with Crippen LogP contribution in [0, 0.1) is 6.92 Å². The summed E-state index contributed by atoms with van der Waals surface area (Å²) in [4.78, 5) is 31.7. The normalized spacial score (nSPS) is 11.5. The number of ether oxygens (including phenoxy) is 1. The van der Waals surface area contributed by atoms with Gasteiger partial charge in [-0.25, -0.2) is 9.78 Å². The first-order valence-corrected chi connectivity index (χ1v) is 8.21. The van der Waals surface area contributed by atoms with Gasteiger partial charge in [0.2, 0.25) is 5.91 Å². The van der Waals surface area contributed by atoms with Crippen LogP contribution in [0.3, 0.4) is 0 Å². The second-order valence-electron chi connectivity index (χ2n) is 5.36. The highest BCUT2D eigenvalue weighted by atomic mass is 35.5. The van der Waals surface area contributed by atoms with E-state index >= 15 is 0 Å². The summed E-state index contributed by atoms with van der Waals surface area (Å²) in [5.41, 5.74) is 1.53. The Morgan fingerprint density at radius 1 is 1.27 bits per heavy atom. The molecule has 1 atom stereocenters. The summed E-state index contributed by atoms with van der Waals surface area (Å²) < 4.78 is 5.27. The van der Waals surface area contributed by atoms with E-state index in [2.05, 4.69) is 25.9 Å². The van der Waals surface area contributed by atoms with Crippen molar-refractivity contribution in [2.45, 2.75) is 26.1 Å². The summed E-state index contributed by atoms with van der Waals surface area (Å²) in [5.74, 6) is -0.151. The molecular formula is C17H19ClN5O3. The van der Waals surface area contributed by atoms with E-state index in [-0.39, 0.29) is 12.2 Å². The van der Waals surface area contributed by atoms with Crippen LogP contribution in [0.15, 0.2) is 36.7 Å². The predicted octanol–water partition coefficient (Wildman–Crippen LogP) is 2.25. The number of anilines is 1. The Morgan fingerprint density at radius 3 is 2.69 bits per heavy atom. The van der Waals surface area contributed by atoms with E-state index in [0.29, 0.717) is 11.6 Å². The number of nitrogens with one attached hydrogen (secondary N) is 2. The fourth-order valence-corrected chi connectivity index (χ4v) is 2.19. The molecule has 1 radical (unpaired) electrons. The zero-order valence-electron chi connectivity index (χ0n) is 14.4. The molecule has 26 heavy (non-hydrogen) atoms. The van der Waals surface area contributed by atoms with Crippen LogP contribution in [0.2, 0.25) is 5.02 Å². The van der Waals surface area contributed by atoms with Gasteiger partial charge in [0.25, 0.3) is 0 Å². The van der Waals surface area contributed by atoms with Crippen LogP contribution in [-0.4, -0.2) is 35.2 Å². The quantitative estimate of drug-likeness (QED) is 0.717. The smallest absolute Gasteiger partial charge is 0.414 e. The highest BCUT2D eigenvalue weighted by Gasteiger charge is 2.19. The van der Waals surface area contributed by atoms with Crippen LogP contribution in [0.4, 0.5) is 10.6 Å². The molecule has 2 N–H and O–H groups in total. The number of aryl methyl sites for hydroxylation is 1. The average Bonchev–Trinajstić information content (AvgIpc) is 2.62. The molecule has 1 aromatic carbocycles. The monoisotopic (exact) mass is 376 g/mol. The minimum absolute atomic E-state index is 0.103. The van der Waals surface area contributed by atoms with Crippen molar-refractivity contribution in [1.82, 2.24) is 20.6 Å². The van der Waals surface area contributed by atoms with Gasteiger partial charge in [-0.15, -0.1) is 0 Å². The third-order valence-corrected chi connectivity index (χ3v) is 3.72. The lowest BCUT2D eigenvalue weighted by Gasteiger charge is -2.19. The number of carbonyl (C=O) groups is 2. The molecule has 0 aliphatic rings. The molecule has 1 heterocycles. The third kappa shape index (κ3) is 6.30. The van der Waals surface area contributed by atoms with Crippen molar-refractivity contribution in [3.05, 3.63) is 52.9 Å². The van der Waals surface area contributed by atoms with Crippen LogP contribution in [0.25, 0.3) is 0 Å². The van der Waals surface area contributed by atoms with Crippen molar-refractivity contribution in [1.29, 1.82) is 0 Å². The number of hydrogen-bond acceptors (Lipinski definition) is 6. The van der Waals surface area contributed by atoms with Crippen LogP contribution in [0.5, 0.6) is 0 Å². The average molecular weight is 377 g/mol. The minimum Gasteiger partial charge on any atom is -0.430 e. The fraction of sp³-hybridized carbons (Fsp3) is 0.294. The van der Waals surface area contributed by atoms with Crippen LogP contribution in [-0.2, 0) is 16.1 Å². The highest BCUT2D eigenvalue weighted by Crippen LogP contribution is 2.15. The van der Waals surface area contributed by atoms with Gasteiger partial charge in [0.1, 0.15) is 0 Å². The van der Waals surface area contributed by atoms with Crippen molar-refractivity contribution < 1.29 is 14.3 Å². The molecule has 8 nitrogen and oxygen atoms in total. The molecule has 2 amide bonds. The fourth-order valence-electron chi connectivity index (χ4n) is 1.99. The van der Waals surface area contributed by atoms with Gasteiger partial charge in [0, 0.05) is 18.6 Å². The molecule has 0 bridgehead atoms. The van der Waals surface area contributed by atoms with Crippen LogP contribution >= 0.6 is 11.6 Å². The first-order chi connectivity index (χ1) is 12.5. The van der Waals surface area contributed by atoms with E-state index in [0.717, 1.165) is 11.3 Å². The standard InChI is InChI=1S/C17H19ClN5O3/c1-11-8-21-14(10-20-11)23-17(25)26-16(7-15(24)19-2)22-9-12-5-3-4-6-13(12)18/h3-6,8,10,16,22H,7,9H2,1-2H3,(H,21,23,25). The summed E-state index contributed by atoms with van der Waals surface area (Å²) in [6.07, 6.45) is 1.19. The largest absolute Gasteiger partial charge is 0.430 e. The zero-order chi connectivity index (χ0) is 18.9. The molecule has 0 saturated heterocycles. The van der Waals surface area contributed by atoms with Gasteiger partial charge in [-0.2, -0.15) is 0 Å². The Balaban J connectivity index is 1.97. The Kier molecular flexibility index (Phi) is 7.31. The van der Waals surface area contributed by atoms with Crippen molar-refractivity contribution in [3.8, 4) is 0 Å². The highest BCUT2D eigenvalue weighted by molar-refractivity contribution is 6.31. The van der Waals surface area contributed by atoms with Gasteiger partial charge in [-0.1, -0.05) is 29.8 Å². The van der Waals surface area contributed by atoms with E-state index in [1.54, 1.807) is 13.0 Å². The van der Waals surface area contributed by atoms with Crippen LogP contribution in [0.1, 0.15) is 17.7 Å². The second-order valence-corrected chi connectivity index (χ2v) is 5.76. The molecular weight excluding hydrogens is 358 g/mol. The number of aromatic nitrogens is 2. The molecule has 2 aromatic rings. The maximum absolute atomic E-state index is 12.0. The molecule has 0 spiro atoms. The molecule has 0 fully saturated rings. The number of rotatable bonds is 7. The van der Waals surface area contributed by atoms with E-state index in [4.69, 9.17) is 16.3 Å². The van der Waals surface area contributed by atoms with Gasteiger partial charge in [-0.3, -0.25) is 25.7 Å². The lowest BCUT2D eigenvalue weighted by atomic mass is 10.2. The lowest BCUT2D eigenvalue weighted by molar-refractivity contribution is -0.123. The topological polar surface area (TPSA) is 107 Å². The van der Waals surface area contributed by atoms with Gasteiger partial charge >= 0.3 is 6.09 Å². The van der Waals surface area contributed by atoms with Gasteiger partial charge in [0.15, 0.2) is 12.0 Å². The third-order valence-electron chi connectivity index (χ3n) is 3.35. The summed E-state index contributed by atoms with van der Waals surface area (Å²) in [6, 6.07) is 7.24. The number of carbonyl (C=O) groups excluding carboxylic acids is 2. The molecule has 1 unspecified atom stereocenters. The molecule has 0 saturated carbocycles. The van der Waals surface area contributed by atoms with Gasteiger partial charge < -0.3 is 4.74 Å². The van der Waals surface area contributed by atoms with Crippen molar-refractivity contribution in [2.24, 2.45) is 0 Å². The summed E-state index contributed by atoms with van der Waals surface area (Å²) in [5, 5.41) is 9.58. The molecule has 0 aliphatic heterocycles. The summed E-state index contributed by atoms with van der Waals surface area (Å²) >= 11 is 6.11. The second kappa shape index (κ2) is 9.69. The number of amides is 2. The maximum Gasteiger partial charge on any atom is 0.414 e. The molecule has 0 aliphatic carbocycles. The van der Waals surface area contributed by atoms with Crippen molar-refractivity contribution >= 4 is 29.4 Å². The first kappa shape index (κ1) is 19.6. The Labute approximate surface area is 156 Å². The Morgan fingerprint density at radius 2 is 2.04 bits per heavy atom. The molecule has 1 aromatic heterocycles. The SMILES string of the molecule is C[N]C(=O)CC(NCc1ccccc1Cl)OC(=O)Nc1cnc(C)cn1. The van der Waals surface area contributed by atoms with Crippen molar-refractivity contribution in [3.63, 3.8) is 0 Å². The minimum atomic E-state index is -0.874. The number of benzene rings is 1. The van der Waals surface area contributed by atoms with E-state index in [1.807, 2.05) is 18.2 Å². The Hall–Kier alpha value is -2.71. The van der Waals surface area contributed by atoms with Crippen LogP contribution < -0.4 is 16.0 Å². The van der Waals surface area contributed by atoms with Gasteiger partial charge in [0.05, 0.1) is 24.5 Å². The van der Waals surface area contributed by atoms with E-state index in [1.165, 1.54) is 19.4 Å². The first-order valence-electron chi connectivity index (χ1n) is 7.83. The maximum atomic E-state index is 12.0. The predicted molar refractivity (Wildman–Crippen MR) is 96.6 cm³/mol. The van der Waals surface area contributed by atoms with E-state index < -0.39 is 18.2 Å². The zero-order valence-corrected chi connectivity index (χ0v) is 15.2. The summed E-state index contributed by atoms with van der Waals surface area (Å²) in [6.45, 7) is 2.10. The molecule has 9 heteroatoms. The number of hydrogen-bond donors (Lipinski definition) is 2. The van der Waals surface area contributed by atoms with Gasteiger partial charge in [-0.05, 0) is 18.6 Å². The number of halogens is 1. The summed E-state index contributed by atoms with van der Waals surface area (Å²) in [7, 11) is 1.38.